The van der Waals surface area contributed by atoms with Crippen molar-refractivity contribution in [3.63, 3.8) is 0 Å². The number of aryl methyl sites for hydroxylation is 1. The molecule has 0 aliphatic rings. The number of amides is 1. The van der Waals surface area contributed by atoms with Crippen LogP contribution in [-0.2, 0) is 17.6 Å². The van der Waals surface area contributed by atoms with Crippen molar-refractivity contribution in [1.82, 2.24) is 10.3 Å². The van der Waals surface area contributed by atoms with Crippen molar-refractivity contribution in [2.24, 2.45) is 0 Å². The van der Waals surface area contributed by atoms with Crippen LogP contribution in [0.2, 0.25) is 0 Å². The van der Waals surface area contributed by atoms with Crippen LogP contribution >= 0.6 is 0 Å². The molecule has 2 N–H and O–H groups in total. The van der Waals surface area contributed by atoms with Crippen LogP contribution in [0.1, 0.15) is 17.5 Å². The number of aromatic nitrogens is 1. The van der Waals surface area contributed by atoms with Crippen LogP contribution in [0.15, 0.2) is 53.3 Å². The molecule has 1 heterocycles. The van der Waals surface area contributed by atoms with Crippen LogP contribution < -0.4 is 20.3 Å². The second-order valence-electron chi connectivity index (χ2n) is 6.50. The number of carbonyl (C=O) groups excluding carboxylic acids is 1. The molecule has 6 nitrogen and oxygen atoms in total. The third-order valence-electron chi connectivity index (χ3n) is 4.63. The molecular weight excluding hydrogens is 356 g/mol. The first-order valence-electron chi connectivity index (χ1n) is 9.19. The number of carbonyl (C=O) groups is 1. The molecule has 3 rings (SSSR count). The average molecular weight is 380 g/mol. The first-order chi connectivity index (χ1) is 13.6. The van der Waals surface area contributed by atoms with E-state index in [2.05, 4.69) is 10.3 Å². The SMILES string of the molecule is COc1cc2cc(CCNC(=O)CCc3ccccc3)c(=O)[nH]c2cc1OC. The van der Waals surface area contributed by atoms with E-state index in [-0.39, 0.29) is 11.5 Å². The maximum absolute atomic E-state index is 12.3. The summed E-state index contributed by atoms with van der Waals surface area (Å²) >= 11 is 0. The fourth-order valence-electron chi connectivity index (χ4n) is 3.09. The van der Waals surface area contributed by atoms with E-state index in [0.29, 0.717) is 48.4 Å². The van der Waals surface area contributed by atoms with Gasteiger partial charge in [0.2, 0.25) is 5.91 Å². The Kier molecular flexibility index (Phi) is 6.32. The molecule has 0 spiro atoms. The van der Waals surface area contributed by atoms with Gasteiger partial charge in [-0.05, 0) is 30.5 Å². The summed E-state index contributed by atoms with van der Waals surface area (Å²) in [6.45, 7) is 0.412. The summed E-state index contributed by atoms with van der Waals surface area (Å²) in [6.07, 6.45) is 1.58. The molecule has 2 aromatic carbocycles. The molecule has 0 atom stereocenters. The highest BCUT2D eigenvalue weighted by Crippen LogP contribution is 2.31. The highest BCUT2D eigenvalue weighted by Gasteiger charge is 2.10. The summed E-state index contributed by atoms with van der Waals surface area (Å²) in [5.41, 5.74) is 2.26. The van der Waals surface area contributed by atoms with Crippen LogP contribution in [0.25, 0.3) is 10.9 Å². The molecule has 0 aliphatic carbocycles. The first kappa shape index (κ1) is 19.5. The van der Waals surface area contributed by atoms with Gasteiger partial charge in [-0.2, -0.15) is 0 Å². The van der Waals surface area contributed by atoms with Gasteiger partial charge in [0.05, 0.1) is 19.7 Å². The summed E-state index contributed by atoms with van der Waals surface area (Å²) in [6, 6.07) is 15.3. The average Bonchev–Trinajstić information content (AvgIpc) is 2.72. The van der Waals surface area contributed by atoms with Gasteiger partial charge in [0.25, 0.3) is 5.56 Å². The molecular formula is C22H24N2O4. The molecule has 0 unspecified atom stereocenters. The van der Waals surface area contributed by atoms with E-state index in [1.165, 1.54) is 0 Å². The van der Waals surface area contributed by atoms with Gasteiger partial charge < -0.3 is 19.8 Å². The zero-order valence-corrected chi connectivity index (χ0v) is 16.1. The number of pyridine rings is 1. The molecule has 0 aliphatic heterocycles. The predicted octanol–water partition coefficient (Wildman–Crippen LogP) is 2.84. The molecule has 0 radical (unpaired) electrons. The maximum Gasteiger partial charge on any atom is 0.251 e. The summed E-state index contributed by atoms with van der Waals surface area (Å²) in [5, 5.41) is 3.73. The number of H-pyrrole nitrogens is 1. The lowest BCUT2D eigenvalue weighted by Crippen LogP contribution is -2.27. The highest BCUT2D eigenvalue weighted by atomic mass is 16.5. The minimum absolute atomic E-state index is 0.0209. The molecule has 0 saturated heterocycles. The zero-order valence-electron chi connectivity index (χ0n) is 16.1. The van der Waals surface area contributed by atoms with Crippen LogP contribution in [-0.4, -0.2) is 31.7 Å². The van der Waals surface area contributed by atoms with Crippen LogP contribution in [0, 0.1) is 0 Å². The van der Waals surface area contributed by atoms with E-state index in [0.717, 1.165) is 10.9 Å². The van der Waals surface area contributed by atoms with Crippen LogP contribution in [0.4, 0.5) is 0 Å². The molecule has 28 heavy (non-hydrogen) atoms. The van der Waals surface area contributed by atoms with E-state index in [9.17, 15) is 9.59 Å². The summed E-state index contributed by atoms with van der Waals surface area (Å²) in [5.74, 6) is 1.14. The van der Waals surface area contributed by atoms with Crippen molar-refractivity contribution in [2.75, 3.05) is 20.8 Å². The number of ether oxygens (including phenoxy) is 2. The third-order valence-corrected chi connectivity index (χ3v) is 4.63. The fraction of sp³-hybridized carbons (Fsp3) is 0.273. The zero-order chi connectivity index (χ0) is 19.9. The van der Waals surface area contributed by atoms with Crippen molar-refractivity contribution >= 4 is 16.8 Å². The summed E-state index contributed by atoms with van der Waals surface area (Å²) < 4.78 is 10.6. The number of nitrogens with one attached hydrogen (secondary N) is 2. The lowest BCUT2D eigenvalue weighted by molar-refractivity contribution is -0.121. The summed E-state index contributed by atoms with van der Waals surface area (Å²) in [7, 11) is 3.12. The number of hydrogen-bond donors (Lipinski definition) is 2. The number of methoxy groups -OCH3 is 2. The monoisotopic (exact) mass is 380 g/mol. The Hall–Kier alpha value is -3.28. The molecule has 6 heteroatoms. The molecule has 0 bridgehead atoms. The summed E-state index contributed by atoms with van der Waals surface area (Å²) in [4.78, 5) is 27.2. The topological polar surface area (TPSA) is 80.4 Å². The van der Waals surface area contributed by atoms with Gasteiger partial charge in [-0.3, -0.25) is 9.59 Å². The minimum Gasteiger partial charge on any atom is -0.493 e. The van der Waals surface area contributed by atoms with Gasteiger partial charge in [0.1, 0.15) is 0 Å². The molecule has 1 aromatic heterocycles. The molecule has 0 saturated carbocycles. The van der Waals surface area contributed by atoms with E-state index < -0.39 is 0 Å². The highest BCUT2D eigenvalue weighted by molar-refractivity contribution is 5.83. The van der Waals surface area contributed by atoms with Crippen molar-refractivity contribution in [1.29, 1.82) is 0 Å². The first-order valence-corrected chi connectivity index (χ1v) is 9.19. The molecule has 0 fully saturated rings. The minimum atomic E-state index is -0.168. The van der Waals surface area contributed by atoms with Crippen molar-refractivity contribution in [2.45, 2.75) is 19.3 Å². The Morgan fingerprint density at radius 2 is 1.71 bits per heavy atom. The molecule has 1 amide bonds. The van der Waals surface area contributed by atoms with Gasteiger partial charge >= 0.3 is 0 Å². The second kappa shape index (κ2) is 9.08. The lowest BCUT2D eigenvalue weighted by atomic mass is 10.1. The van der Waals surface area contributed by atoms with Gasteiger partial charge in [-0.15, -0.1) is 0 Å². The van der Waals surface area contributed by atoms with Gasteiger partial charge in [-0.25, -0.2) is 0 Å². The van der Waals surface area contributed by atoms with Crippen molar-refractivity contribution in [3.05, 3.63) is 70.0 Å². The van der Waals surface area contributed by atoms with E-state index >= 15 is 0 Å². The number of rotatable bonds is 8. The Bertz CT molecular complexity index is 1010. The Balaban J connectivity index is 1.61. The van der Waals surface area contributed by atoms with Crippen molar-refractivity contribution in [3.8, 4) is 11.5 Å². The van der Waals surface area contributed by atoms with Crippen LogP contribution in [0.5, 0.6) is 11.5 Å². The lowest BCUT2D eigenvalue weighted by Gasteiger charge is -2.10. The number of hydrogen-bond acceptors (Lipinski definition) is 4. The van der Waals surface area contributed by atoms with Gasteiger partial charge in [0, 0.05) is 30.0 Å². The smallest absolute Gasteiger partial charge is 0.251 e. The van der Waals surface area contributed by atoms with Crippen LogP contribution in [0.3, 0.4) is 0 Å². The number of fused-ring (bicyclic) bond motifs is 1. The second-order valence-corrected chi connectivity index (χ2v) is 6.50. The number of aromatic amines is 1. The predicted molar refractivity (Wildman–Crippen MR) is 109 cm³/mol. The maximum atomic E-state index is 12.3. The third kappa shape index (κ3) is 4.71. The van der Waals surface area contributed by atoms with E-state index in [1.54, 1.807) is 20.3 Å². The normalized spacial score (nSPS) is 10.6. The van der Waals surface area contributed by atoms with Gasteiger partial charge in [0.15, 0.2) is 11.5 Å². The number of benzene rings is 2. The standard InChI is InChI=1S/C22H24N2O4/c1-27-19-13-17-12-16(22(26)24-18(17)14-20(19)28-2)10-11-23-21(25)9-8-15-6-4-3-5-7-15/h3-7,12-14H,8-11H2,1-2H3,(H,23,25)(H,24,26). The Labute approximate surface area is 163 Å². The largest absolute Gasteiger partial charge is 0.493 e. The van der Waals surface area contributed by atoms with E-state index in [1.807, 2.05) is 42.5 Å². The van der Waals surface area contributed by atoms with E-state index in [4.69, 9.17) is 9.47 Å². The quantitative estimate of drug-likeness (QED) is 0.630. The fourth-order valence-corrected chi connectivity index (χ4v) is 3.09. The molecule has 146 valence electrons. The Morgan fingerprint density at radius 1 is 1.00 bits per heavy atom. The van der Waals surface area contributed by atoms with Gasteiger partial charge in [-0.1, -0.05) is 30.3 Å². The Morgan fingerprint density at radius 3 is 2.43 bits per heavy atom. The molecule has 3 aromatic rings. The van der Waals surface area contributed by atoms with Crippen molar-refractivity contribution < 1.29 is 14.3 Å².